The standard InChI is InChI=1S/C16H26N2O4S/c1-5-13(2)17-16(19)10-7-11-18(23(4,20)21)14-8-6-9-15(12-14)22-3/h6,8-9,12-13H,5,7,10-11H2,1-4H3,(H,17,19)/t13-/m0/s1. The van der Waals surface area contributed by atoms with Gasteiger partial charge < -0.3 is 10.1 Å². The molecule has 0 heterocycles. The summed E-state index contributed by atoms with van der Waals surface area (Å²) in [6.07, 6.45) is 2.77. The van der Waals surface area contributed by atoms with Crippen LogP contribution in [0.2, 0.25) is 0 Å². The molecule has 0 saturated heterocycles. The van der Waals surface area contributed by atoms with Crippen molar-refractivity contribution in [2.45, 2.75) is 39.2 Å². The molecule has 0 aromatic heterocycles. The van der Waals surface area contributed by atoms with E-state index < -0.39 is 10.0 Å². The second-order valence-electron chi connectivity index (χ2n) is 5.52. The molecule has 7 heteroatoms. The number of amides is 1. The lowest BCUT2D eigenvalue weighted by Crippen LogP contribution is -2.34. The number of methoxy groups -OCH3 is 1. The van der Waals surface area contributed by atoms with Crippen molar-refractivity contribution in [3.05, 3.63) is 24.3 Å². The van der Waals surface area contributed by atoms with E-state index in [-0.39, 0.29) is 18.5 Å². The number of hydrogen-bond acceptors (Lipinski definition) is 4. The van der Waals surface area contributed by atoms with E-state index in [0.717, 1.165) is 12.7 Å². The third-order valence-corrected chi connectivity index (χ3v) is 4.72. The maximum Gasteiger partial charge on any atom is 0.232 e. The highest BCUT2D eigenvalue weighted by molar-refractivity contribution is 7.92. The highest BCUT2D eigenvalue weighted by Gasteiger charge is 2.18. The second kappa shape index (κ2) is 8.76. The Balaban J connectivity index is 2.72. The van der Waals surface area contributed by atoms with Gasteiger partial charge in [-0.1, -0.05) is 13.0 Å². The van der Waals surface area contributed by atoms with Crippen LogP contribution in [0.25, 0.3) is 0 Å². The molecular formula is C16H26N2O4S. The molecule has 1 N–H and O–H groups in total. The lowest BCUT2D eigenvalue weighted by atomic mass is 10.2. The lowest BCUT2D eigenvalue weighted by molar-refractivity contribution is -0.121. The first-order valence-corrected chi connectivity index (χ1v) is 9.54. The Hall–Kier alpha value is -1.76. The molecule has 1 amide bonds. The van der Waals surface area contributed by atoms with Gasteiger partial charge in [0, 0.05) is 25.1 Å². The van der Waals surface area contributed by atoms with Crippen molar-refractivity contribution >= 4 is 21.6 Å². The molecule has 6 nitrogen and oxygen atoms in total. The van der Waals surface area contributed by atoms with Crippen LogP contribution < -0.4 is 14.4 Å². The third kappa shape index (κ3) is 6.48. The molecule has 1 aromatic carbocycles. The predicted molar refractivity (Wildman–Crippen MR) is 92.3 cm³/mol. The summed E-state index contributed by atoms with van der Waals surface area (Å²) in [5.74, 6) is 0.532. The molecule has 0 aliphatic heterocycles. The van der Waals surface area contributed by atoms with Gasteiger partial charge in [-0.3, -0.25) is 9.10 Å². The van der Waals surface area contributed by atoms with Crippen LogP contribution in [0.3, 0.4) is 0 Å². The Morgan fingerprint density at radius 1 is 1.39 bits per heavy atom. The van der Waals surface area contributed by atoms with Gasteiger partial charge in [0.25, 0.3) is 0 Å². The maximum atomic E-state index is 12.0. The molecule has 1 aromatic rings. The van der Waals surface area contributed by atoms with E-state index in [9.17, 15) is 13.2 Å². The SMILES string of the molecule is CC[C@H](C)NC(=O)CCCN(c1cccc(OC)c1)S(C)(=O)=O. The first kappa shape index (κ1) is 19.3. The van der Waals surface area contributed by atoms with Gasteiger partial charge in [0.1, 0.15) is 5.75 Å². The molecule has 23 heavy (non-hydrogen) atoms. The molecule has 0 fully saturated rings. The van der Waals surface area contributed by atoms with E-state index >= 15 is 0 Å². The Morgan fingerprint density at radius 2 is 2.09 bits per heavy atom. The van der Waals surface area contributed by atoms with Crippen LogP contribution in [-0.2, 0) is 14.8 Å². The number of nitrogens with one attached hydrogen (secondary N) is 1. The van der Waals surface area contributed by atoms with E-state index in [0.29, 0.717) is 24.3 Å². The summed E-state index contributed by atoms with van der Waals surface area (Å²) in [5.41, 5.74) is 0.536. The topological polar surface area (TPSA) is 75.7 Å². The Morgan fingerprint density at radius 3 is 2.65 bits per heavy atom. The van der Waals surface area contributed by atoms with Gasteiger partial charge in [0.05, 0.1) is 19.1 Å². The zero-order valence-corrected chi connectivity index (χ0v) is 15.0. The van der Waals surface area contributed by atoms with Crippen molar-refractivity contribution in [3.8, 4) is 5.75 Å². The van der Waals surface area contributed by atoms with Crippen molar-refractivity contribution in [1.82, 2.24) is 5.32 Å². The highest BCUT2D eigenvalue weighted by Crippen LogP contribution is 2.23. The largest absolute Gasteiger partial charge is 0.497 e. The average molecular weight is 342 g/mol. The lowest BCUT2D eigenvalue weighted by Gasteiger charge is -2.23. The summed E-state index contributed by atoms with van der Waals surface area (Å²) in [6.45, 7) is 4.19. The number of benzene rings is 1. The minimum absolute atomic E-state index is 0.0570. The number of anilines is 1. The smallest absolute Gasteiger partial charge is 0.232 e. The van der Waals surface area contributed by atoms with Gasteiger partial charge in [-0.05, 0) is 31.9 Å². The van der Waals surface area contributed by atoms with Crippen LogP contribution in [0.5, 0.6) is 5.75 Å². The first-order chi connectivity index (χ1) is 10.8. The number of hydrogen-bond donors (Lipinski definition) is 1. The van der Waals surface area contributed by atoms with Crippen molar-refractivity contribution in [2.24, 2.45) is 0 Å². The Bertz CT molecular complexity index is 616. The van der Waals surface area contributed by atoms with Crippen LogP contribution >= 0.6 is 0 Å². The fourth-order valence-corrected chi connectivity index (χ4v) is 3.04. The van der Waals surface area contributed by atoms with Gasteiger partial charge in [-0.15, -0.1) is 0 Å². The molecule has 0 radical (unpaired) electrons. The van der Waals surface area contributed by atoms with Crippen molar-refractivity contribution in [3.63, 3.8) is 0 Å². The second-order valence-corrected chi connectivity index (χ2v) is 7.42. The number of carbonyl (C=O) groups excluding carboxylic acids is 1. The summed E-state index contributed by atoms with van der Waals surface area (Å²) in [5, 5.41) is 2.87. The van der Waals surface area contributed by atoms with Crippen LogP contribution in [-0.4, -0.2) is 40.3 Å². The van der Waals surface area contributed by atoms with Gasteiger partial charge in [0.2, 0.25) is 15.9 Å². The monoisotopic (exact) mass is 342 g/mol. The number of ether oxygens (including phenoxy) is 1. The molecule has 0 aliphatic carbocycles. The third-order valence-electron chi connectivity index (χ3n) is 3.53. The number of rotatable bonds is 9. The summed E-state index contributed by atoms with van der Waals surface area (Å²) in [4.78, 5) is 11.8. The van der Waals surface area contributed by atoms with E-state index in [1.165, 1.54) is 11.4 Å². The minimum atomic E-state index is -3.42. The normalized spacial score (nSPS) is 12.5. The molecule has 0 aliphatic rings. The molecule has 1 rings (SSSR count). The fourth-order valence-electron chi connectivity index (χ4n) is 2.08. The highest BCUT2D eigenvalue weighted by atomic mass is 32.2. The van der Waals surface area contributed by atoms with Gasteiger partial charge in [0.15, 0.2) is 0 Å². The Labute approximate surface area is 138 Å². The molecule has 130 valence electrons. The van der Waals surface area contributed by atoms with Crippen LogP contribution in [0.4, 0.5) is 5.69 Å². The summed E-state index contributed by atoms with van der Waals surface area (Å²) in [6, 6.07) is 7.00. The van der Waals surface area contributed by atoms with E-state index in [2.05, 4.69) is 5.32 Å². The molecule has 0 bridgehead atoms. The molecular weight excluding hydrogens is 316 g/mol. The minimum Gasteiger partial charge on any atom is -0.497 e. The van der Waals surface area contributed by atoms with Crippen molar-refractivity contribution in [1.29, 1.82) is 0 Å². The average Bonchev–Trinajstić information content (AvgIpc) is 2.50. The fraction of sp³-hybridized carbons (Fsp3) is 0.562. The molecule has 0 saturated carbocycles. The number of nitrogens with zero attached hydrogens (tertiary/aromatic N) is 1. The zero-order chi connectivity index (χ0) is 17.5. The van der Waals surface area contributed by atoms with E-state index in [4.69, 9.17) is 4.74 Å². The molecule has 0 spiro atoms. The predicted octanol–water partition coefficient (Wildman–Crippen LogP) is 2.16. The van der Waals surface area contributed by atoms with Gasteiger partial charge in [-0.25, -0.2) is 8.42 Å². The van der Waals surface area contributed by atoms with Gasteiger partial charge in [-0.2, -0.15) is 0 Å². The Kier molecular flexibility index (Phi) is 7.35. The number of carbonyl (C=O) groups is 1. The maximum absolute atomic E-state index is 12.0. The molecule has 1 atom stereocenters. The van der Waals surface area contributed by atoms with Crippen molar-refractivity contribution < 1.29 is 17.9 Å². The van der Waals surface area contributed by atoms with Crippen LogP contribution in [0, 0.1) is 0 Å². The molecule has 0 unspecified atom stereocenters. The van der Waals surface area contributed by atoms with Gasteiger partial charge >= 0.3 is 0 Å². The summed E-state index contributed by atoms with van der Waals surface area (Å²) in [7, 11) is -1.89. The van der Waals surface area contributed by atoms with Crippen LogP contribution in [0.15, 0.2) is 24.3 Å². The number of sulfonamides is 1. The summed E-state index contributed by atoms with van der Waals surface area (Å²) >= 11 is 0. The van der Waals surface area contributed by atoms with E-state index in [1.807, 2.05) is 13.8 Å². The van der Waals surface area contributed by atoms with Crippen LogP contribution in [0.1, 0.15) is 33.1 Å². The van der Waals surface area contributed by atoms with E-state index in [1.54, 1.807) is 24.3 Å². The zero-order valence-electron chi connectivity index (χ0n) is 14.2. The van der Waals surface area contributed by atoms with Crippen molar-refractivity contribution in [2.75, 3.05) is 24.2 Å². The quantitative estimate of drug-likeness (QED) is 0.746. The summed E-state index contributed by atoms with van der Waals surface area (Å²) < 4.78 is 30.5. The first-order valence-electron chi connectivity index (χ1n) is 7.69.